The molecule has 7 nitrogen and oxygen atoms in total. The number of nitrogens with zero attached hydrogens (tertiary/aromatic N) is 1. The van der Waals surface area contributed by atoms with Crippen molar-refractivity contribution in [1.29, 1.82) is 0 Å². The number of benzene rings is 1. The highest BCUT2D eigenvalue weighted by molar-refractivity contribution is 5.96. The minimum Gasteiger partial charge on any atom is -0.493 e. The lowest BCUT2D eigenvalue weighted by atomic mass is 10.2. The number of nitrogens with one attached hydrogen (secondary N) is 2. The molecule has 128 valence electrons. The van der Waals surface area contributed by atoms with Gasteiger partial charge < -0.3 is 25.0 Å². The molecule has 0 bridgehead atoms. The van der Waals surface area contributed by atoms with Gasteiger partial charge in [-0.3, -0.25) is 9.59 Å². The van der Waals surface area contributed by atoms with E-state index in [-0.39, 0.29) is 18.2 Å². The Bertz CT molecular complexity index is 532. The molecule has 0 saturated heterocycles. The molecule has 0 aliphatic rings. The second kappa shape index (κ2) is 9.68. The number of hydrogen-bond acceptors (Lipinski definition) is 5. The van der Waals surface area contributed by atoms with Gasteiger partial charge in [-0.2, -0.15) is 0 Å². The summed E-state index contributed by atoms with van der Waals surface area (Å²) in [7, 11) is 6.95. The van der Waals surface area contributed by atoms with E-state index in [1.54, 1.807) is 26.4 Å². The predicted molar refractivity (Wildman–Crippen MR) is 87.6 cm³/mol. The molecule has 0 spiro atoms. The summed E-state index contributed by atoms with van der Waals surface area (Å²) in [5, 5.41) is 5.41. The van der Waals surface area contributed by atoms with E-state index in [1.807, 2.05) is 25.1 Å². The zero-order chi connectivity index (χ0) is 17.2. The molecule has 1 aromatic rings. The summed E-state index contributed by atoms with van der Waals surface area (Å²) in [6, 6.07) is 5.39. The smallest absolute Gasteiger partial charge is 0.229 e. The molecule has 0 aliphatic heterocycles. The zero-order valence-corrected chi connectivity index (χ0v) is 14.1. The number of rotatable bonds is 9. The average Bonchev–Trinajstić information content (AvgIpc) is 2.52. The quantitative estimate of drug-likeness (QED) is 0.643. The Morgan fingerprint density at radius 1 is 1.04 bits per heavy atom. The van der Waals surface area contributed by atoms with E-state index in [0.29, 0.717) is 24.6 Å². The van der Waals surface area contributed by atoms with Crippen LogP contribution in [0.3, 0.4) is 0 Å². The number of likely N-dealkylation sites (N-methyl/N-ethyl adjacent to an activating group) is 1. The molecule has 2 N–H and O–H groups in total. The average molecular weight is 323 g/mol. The summed E-state index contributed by atoms with van der Waals surface area (Å²) in [4.78, 5) is 25.3. The first-order chi connectivity index (χ1) is 11.0. The summed E-state index contributed by atoms with van der Waals surface area (Å²) in [6.07, 6.45) is -0.180. The maximum absolute atomic E-state index is 11.8. The molecule has 0 aliphatic carbocycles. The van der Waals surface area contributed by atoms with Crippen LogP contribution in [-0.4, -0.2) is 58.1 Å². The molecular weight excluding hydrogens is 298 g/mol. The third-order valence-corrected chi connectivity index (χ3v) is 3.14. The largest absolute Gasteiger partial charge is 0.493 e. The fourth-order valence-electron chi connectivity index (χ4n) is 1.88. The molecule has 0 heterocycles. The molecule has 0 saturated carbocycles. The van der Waals surface area contributed by atoms with Crippen LogP contribution in [0.25, 0.3) is 0 Å². The second-order valence-electron chi connectivity index (χ2n) is 5.30. The Morgan fingerprint density at radius 2 is 1.70 bits per heavy atom. The fraction of sp³-hybridized carbons (Fsp3) is 0.500. The number of amides is 2. The molecule has 2 amide bonds. The fourth-order valence-corrected chi connectivity index (χ4v) is 1.88. The standard InChI is InChI=1S/C16H25N3O4/c1-19(2)8-7-17-15(20)10-16(21)18-11-12-5-6-13(22-3)14(9-12)23-4/h5-6,9H,7-8,10-11H2,1-4H3,(H,17,20)(H,18,21). The Kier molecular flexibility index (Phi) is 7.90. The first kappa shape index (κ1) is 18.8. The van der Waals surface area contributed by atoms with Crippen LogP contribution >= 0.6 is 0 Å². The molecule has 0 atom stereocenters. The lowest BCUT2D eigenvalue weighted by molar-refractivity contribution is -0.129. The molecule has 1 aromatic carbocycles. The van der Waals surface area contributed by atoms with Gasteiger partial charge in [-0.05, 0) is 31.8 Å². The Labute approximate surface area is 136 Å². The normalized spacial score (nSPS) is 10.3. The van der Waals surface area contributed by atoms with Crippen LogP contribution in [0.2, 0.25) is 0 Å². The van der Waals surface area contributed by atoms with E-state index in [4.69, 9.17) is 9.47 Å². The van der Waals surface area contributed by atoms with Crippen molar-refractivity contribution >= 4 is 11.8 Å². The van der Waals surface area contributed by atoms with Crippen molar-refractivity contribution < 1.29 is 19.1 Å². The van der Waals surface area contributed by atoms with Crippen LogP contribution in [-0.2, 0) is 16.1 Å². The minimum atomic E-state index is -0.317. The lowest BCUT2D eigenvalue weighted by Crippen LogP contribution is -2.35. The van der Waals surface area contributed by atoms with Crippen molar-refractivity contribution in [1.82, 2.24) is 15.5 Å². The van der Waals surface area contributed by atoms with Crippen LogP contribution in [0.5, 0.6) is 11.5 Å². The van der Waals surface area contributed by atoms with Gasteiger partial charge >= 0.3 is 0 Å². The SMILES string of the molecule is COc1ccc(CNC(=O)CC(=O)NCCN(C)C)cc1OC. The van der Waals surface area contributed by atoms with E-state index in [0.717, 1.165) is 12.1 Å². The van der Waals surface area contributed by atoms with Gasteiger partial charge in [-0.15, -0.1) is 0 Å². The summed E-state index contributed by atoms with van der Waals surface area (Å²) in [6.45, 7) is 1.58. The van der Waals surface area contributed by atoms with Gasteiger partial charge in [0.05, 0.1) is 14.2 Å². The summed E-state index contributed by atoms with van der Waals surface area (Å²) in [5.41, 5.74) is 0.865. The molecule has 23 heavy (non-hydrogen) atoms. The van der Waals surface area contributed by atoms with Gasteiger partial charge in [0.25, 0.3) is 0 Å². The summed E-state index contributed by atoms with van der Waals surface area (Å²) < 4.78 is 10.4. The molecule has 0 fully saturated rings. The highest BCUT2D eigenvalue weighted by atomic mass is 16.5. The number of carbonyl (C=O) groups excluding carboxylic acids is 2. The predicted octanol–water partition coefficient (Wildman–Crippen LogP) is 0.388. The van der Waals surface area contributed by atoms with Crippen LogP contribution < -0.4 is 20.1 Å². The highest BCUT2D eigenvalue weighted by Crippen LogP contribution is 2.27. The summed E-state index contributed by atoms with van der Waals surface area (Å²) >= 11 is 0. The zero-order valence-electron chi connectivity index (χ0n) is 14.1. The van der Waals surface area contributed by atoms with Crippen molar-refractivity contribution in [3.63, 3.8) is 0 Å². The van der Waals surface area contributed by atoms with Gasteiger partial charge in [0.15, 0.2) is 11.5 Å². The molecular formula is C16H25N3O4. The molecule has 0 radical (unpaired) electrons. The molecule has 0 aromatic heterocycles. The van der Waals surface area contributed by atoms with Crippen molar-refractivity contribution in [2.75, 3.05) is 41.4 Å². The Balaban J connectivity index is 2.39. The van der Waals surface area contributed by atoms with Crippen LogP contribution in [0.15, 0.2) is 18.2 Å². The minimum absolute atomic E-state index is 0.180. The van der Waals surface area contributed by atoms with E-state index >= 15 is 0 Å². The maximum atomic E-state index is 11.8. The van der Waals surface area contributed by atoms with E-state index in [2.05, 4.69) is 10.6 Å². The molecule has 1 rings (SSSR count). The number of ether oxygens (including phenoxy) is 2. The Morgan fingerprint density at radius 3 is 2.30 bits per heavy atom. The molecule has 7 heteroatoms. The van der Waals surface area contributed by atoms with E-state index in [9.17, 15) is 9.59 Å². The van der Waals surface area contributed by atoms with E-state index in [1.165, 1.54) is 0 Å². The number of hydrogen-bond donors (Lipinski definition) is 2. The van der Waals surface area contributed by atoms with Crippen molar-refractivity contribution in [2.45, 2.75) is 13.0 Å². The highest BCUT2D eigenvalue weighted by Gasteiger charge is 2.10. The number of methoxy groups -OCH3 is 2. The maximum Gasteiger partial charge on any atom is 0.229 e. The lowest BCUT2D eigenvalue weighted by Gasteiger charge is -2.11. The van der Waals surface area contributed by atoms with Crippen molar-refractivity contribution in [3.05, 3.63) is 23.8 Å². The van der Waals surface area contributed by atoms with Gasteiger partial charge in [-0.25, -0.2) is 0 Å². The Hall–Kier alpha value is -2.28. The first-order valence-electron chi connectivity index (χ1n) is 7.35. The second-order valence-corrected chi connectivity index (χ2v) is 5.30. The van der Waals surface area contributed by atoms with Gasteiger partial charge in [-0.1, -0.05) is 6.07 Å². The first-order valence-corrected chi connectivity index (χ1v) is 7.35. The monoisotopic (exact) mass is 323 g/mol. The third kappa shape index (κ3) is 7.01. The molecule has 0 unspecified atom stereocenters. The van der Waals surface area contributed by atoms with Crippen LogP contribution in [0.1, 0.15) is 12.0 Å². The topological polar surface area (TPSA) is 79.9 Å². The van der Waals surface area contributed by atoms with Crippen LogP contribution in [0.4, 0.5) is 0 Å². The van der Waals surface area contributed by atoms with E-state index < -0.39 is 0 Å². The number of carbonyl (C=O) groups is 2. The third-order valence-electron chi connectivity index (χ3n) is 3.14. The summed E-state index contributed by atoms with van der Waals surface area (Å²) in [5.74, 6) is 0.627. The van der Waals surface area contributed by atoms with Crippen molar-refractivity contribution in [3.8, 4) is 11.5 Å². The van der Waals surface area contributed by atoms with Gasteiger partial charge in [0.1, 0.15) is 6.42 Å². The van der Waals surface area contributed by atoms with Crippen LogP contribution in [0, 0.1) is 0 Å². The van der Waals surface area contributed by atoms with Crippen molar-refractivity contribution in [2.24, 2.45) is 0 Å². The van der Waals surface area contributed by atoms with Gasteiger partial charge in [0.2, 0.25) is 11.8 Å². The van der Waals surface area contributed by atoms with Gasteiger partial charge in [0, 0.05) is 19.6 Å².